The molecule has 0 aliphatic heterocycles. The van der Waals surface area contributed by atoms with Gasteiger partial charge in [-0.25, -0.2) is 9.48 Å². The summed E-state index contributed by atoms with van der Waals surface area (Å²) in [6.07, 6.45) is -0.568. The van der Waals surface area contributed by atoms with E-state index in [0.29, 0.717) is 21.4 Å². The Labute approximate surface area is 178 Å². The van der Waals surface area contributed by atoms with Crippen LogP contribution in [0, 0.1) is 0 Å². The van der Waals surface area contributed by atoms with Crippen LogP contribution in [0.2, 0.25) is 5.02 Å². The van der Waals surface area contributed by atoms with Crippen LogP contribution in [-0.2, 0) is 11.3 Å². The van der Waals surface area contributed by atoms with E-state index in [1.807, 2.05) is 48.5 Å². The molecule has 0 fully saturated rings. The number of rotatable bonds is 5. The van der Waals surface area contributed by atoms with E-state index >= 15 is 0 Å². The number of nitrogens with zero attached hydrogens (tertiary/aromatic N) is 2. The van der Waals surface area contributed by atoms with Crippen LogP contribution in [0.5, 0.6) is 0 Å². The van der Waals surface area contributed by atoms with Gasteiger partial charge in [0.05, 0.1) is 11.9 Å². The summed E-state index contributed by atoms with van der Waals surface area (Å²) in [7, 11) is 0. The summed E-state index contributed by atoms with van der Waals surface area (Å²) in [6.45, 7) is 2.01. The minimum Gasteiger partial charge on any atom is -0.453 e. The number of esters is 1. The molecule has 0 saturated heterocycles. The average Bonchev–Trinajstić information content (AvgIpc) is 2.76. The van der Waals surface area contributed by atoms with Crippen molar-refractivity contribution < 1.29 is 9.53 Å². The fourth-order valence-electron chi connectivity index (χ4n) is 3.33. The molecule has 150 valence electrons. The van der Waals surface area contributed by atoms with E-state index in [4.69, 9.17) is 16.3 Å². The van der Waals surface area contributed by atoms with Crippen LogP contribution in [0.15, 0.2) is 83.7 Å². The summed E-state index contributed by atoms with van der Waals surface area (Å²) >= 11 is 6.23. The molecular formula is C24H19ClN2O3. The summed E-state index contributed by atoms with van der Waals surface area (Å²) < 4.78 is 6.96. The molecule has 0 saturated carbocycles. The van der Waals surface area contributed by atoms with Crippen LogP contribution in [-0.4, -0.2) is 15.7 Å². The number of carbonyl (C=O) groups is 1. The molecule has 6 heteroatoms. The van der Waals surface area contributed by atoms with Crippen LogP contribution < -0.4 is 5.56 Å². The molecular weight excluding hydrogens is 400 g/mol. The van der Waals surface area contributed by atoms with Gasteiger partial charge in [-0.2, -0.15) is 5.10 Å². The SMILES string of the molecule is C[C@H](OC(=O)c1nn(Cc2ccccc2)c(=O)c2ccccc12)c1ccccc1Cl. The maximum absolute atomic E-state index is 13.0. The van der Waals surface area contributed by atoms with Crippen molar-refractivity contribution in [3.8, 4) is 0 Å². The summed E-state index contributed by atoms with van der Waals surface area (Å²) in [6, 6.07) is 23.6. The van der Waals surface area contributed by atoms with E-state index in [-0.39, 0.29) is 17.8 Å². The van der Waals surface area contributed by atoms with Gasteiger partial charge in [0.15, 0.2) is 5.69 Å². The fourth-order valence-corrected chi connectivity index (χ4v) is 3.62. The van der Waals surface area contributed by atoms with Gasteiger partial charge >= 0.3 is 5.97 Å². The number of ether oxygens (including phenoxy) is 1. The summed E-state index contributed by atoms with van der Waals surface area (Å²) in [5, 5.41) is 5.76. The van der Waals surface area contributed by atoms with Gasteiger partial charge in [-0.05, 0) is 24.6 Å². The number of hydrogen-bond donors (Lipinski definition) is 0. The lowest BCUT2D eigenvalue weighted by Gasteiger charge is -2.16. The molecule has 4 aromatic rings. The highest BCUT2D eigenvalue weighted by molar-refractivity contribution is 6.31. The fraction of sp³-hybridized carbons (Fsp3) is 0.125. The molecule has 0 N–H and O–H groups in total. The van der Waals surface area contributed by atoms with E-state index in [1.54, 1.807) is 37.3 Å². The molecule has 0 spiro atoms. The maximum atomic E-state index is 13.0. The Bertz CT molecular complexity index is 1270. The lowest BCUT2D eigenvalue weighted by atomic mass is 10.1. The normalized spacial score (nSPS) is 11.9. The van der Waals surface area contributed by atoms with Gasteiger partial charge in [0.25, 0.3) is 5.56 Å². The predicted molar refractivity (Wildman–Crippen MR) is 117 cm³/mol. The monoisotopic (exact) mass is 418 g/mol. The van der Waals surface area contributed by atoms with Crippen molar-refractivity contribution in [1.82, 2.24) is 9.78 Å². The van der Waals surface area contributed by atoms with Gasteiger partial charge in [-0.15, -0.1) is 0 Å². The third kappa shape index (κ3) is 3.98. The first-order valence-electron chi connectivity index (χ1n) is 9.54. The van der Waals surface area contributed by atoms with Gasteiger partial charge in [-0.1, -0.05) is 78.3 Å². The smallest absolute Gasteiger partial charge is 0.360 e. The minimum atomic E-state index is -0.611. The van der Waals surface area contributed by atoms with Gasteiger partial charge in [0, 0.05) is 16.0 Å². The second-order valence-corrected chi connectivity index (χ2v) is 7.32. The van der Waals surface area contributed by atoms with Gasteiger partial charge in [0.1, 0.15) is 6.10 Å². The average molecular weight is 419 g/mol. The number of halogens is 1. The highest BCUT2D eigenvalue weighted by atomic mass is 35.5. The van der Waals surface area contributed by atoms with Gasteiger partial charge < -0.3 is 4.74 Å². The van der Waals surface area contributed by atoms with E-state index in [1.165, 1.54) is 4.68 Å². The van der Waals surface area contributed by atoms with Crippen LogP contribution in [0.3, 0.4) is 0 Å². The zero-order valence-electron chi connectivity index (χ0n) is 16.3. The topological polar surface area (TPSA) is 61.2 Å². The Balaban J connectivity index is 1.74. The van der Waals surface area contributed by atoms with E-state index in [9.17, 15) is 9.59 Å². The summed E-state index contributed by atoms with van der Waals surface area (Å²) in [4.78, 5) is 26.0. The van der Waals surface area contributed by atoms with E-state index < -0.39 is 12.1 Å². The predicted octanol–water partition coefficient (Wildman–Crippen LogP) is 5.02. The molecule has 30 heavy (non-hydrogen) atoms. The number of hydrogen-bond acceptors (Lipinski definition) is 4. The number of benzene rings is 3. The third-order valence-corrected chi connectivity index (χ3v) is 5.21. The van der Waals surface area contributed by atoms with E-state index in [0.717, 1.165) is 5.56 Å². The first kappa shape index (κ1) is 19.9. The minimum absolute atomic E-state index is 0.0973. The standard InChI is InChI=1S/C24H19ClN2O3/c1-16(18-11-7-8-14-21(18)25)30-24(29)22-19-12-5-6-13-20(19)23(28)27(26-22)15-17-9-3-2-4-10-17/h2-14,16H,15H2,1H3/t16-/m0/s1. The molecule has 1 heterocycles. The zero-order chi connectivity index (χ0) is 21.1. The van der Waals surface area contributed by atoms with E-state index in [2.05, 4.69) is 5.10 Å². The number of carbonyl (C=O) groups excluding carboxylic acids is 1. The molecule has 3 aromatic carbocycles. The summed E-state index contributed by atoms with van der Waals surface area (Å²) in [5.41, 5.74) is 1.45. The van der Waals surface area contributed by atoms with Crippen molar-refractivity contribution in [2.45, 2.75) is 19.6 Å². The van der Waals surface area contributed by atoms with Crippen LogP contribution in [0.4, 0.5) is 0 Å². The number of aromatic nitrogens is 2. The largest absolute Gasteiger partial charge is 0.453 e. The van der Waals surface area contributed by atoms with Crippen LogP contribution >= 0.6 is 11.6 Å². The summed E-state index contributed by atoms with van der Waals surface area (Å²) in [5.74, 6) is -0.611. The van der Waals surface area contributed by atoms with Crippen molar-refractivity contribution >= 4 is 28.3 Å². The Morgan fingerprint density at radius 1 is 0.967 bits per heavy atom. The molecule has 4 rings (SSSR count). The highest BCUT2D eigenvalue weighted by Crippen LogP contribution is 2.26. The molecule has 5 nitrogen and oxygen atoms in total. The lowest BCUT2D eigenvalue weighted by molar-refractivity contribution is 0.0331. The maximum Gasteiger partial charge on any atom is 0.360 e. The van der Waals surface area contributed by atoms with Crippen molar-refractivity contribution in [1.29, 1.82) is 0 Å². The molecule has 0 radical (unpaired) electrons. The quantitative estimate of drug-likeness (QED) is 0.427. The Morgan fingerprint density at radius 2 is 1.60 bits per heavy atom. The second kappa shape index (κ2) is 8.51. The van der Waals surface area contributed by atoms with Crippen LogP contribution in [0.25, 0.3) is 10.8 Å². The van der Waals surface area contributed by atoms with Crippen molar-refractivity contribution in [3.63, 3.8) is 0 Å². The Morgan fingerprint density at radius 3 is 2.33 bits per heavy atom. The third-order valence-electron chi connectivity index (χ3n) is 4.86. The lowest BCUT2D eigenvalue weighted by Crippen LogP contribution is -2.27. The molecule has 0 aliphatic carbocycles. The van der Waals surface area contributed by atoms with Gasteiger partial charge in [0.2, 0.25) is 0 Å². The molecule has 0 aliphatic rings. The Hall–Kier alpha value is -3.44. The zero-order valence-corrected chi connectivity index (χ0v) is 17.0. The molecule has 1 atom stereocenters. The number of fused-ring (bicyclic) bond motifs is 1. The molecule has 0 bridgehead atoms. The first-order valence-corrected chi connectivity index (χ1v) is 9.91. The molecule has 0 unspecified atom stereocenters. The first-order chi connectivity index (χ1) is 14.5. The van der Waals surface area contributed by atoms with Gasteiger partial charge in [-0.3, -0.25) is 4.79 Å². The Kier molecular flexibility index (Phi) is 5.63. The van der Waals surface area contributed by atoms with Crippen molar-refractivity contribution in [2.24, 2.45) is 0 Å². The van der Waals surface area contributed by atoms with Crippen molar-refractivity contribution in [3.05, 3.63) is 111 Å². The highest BCUT2D eigenvalue weighted by Gasteiger charge is 2.21. The van der Waals surface area contributed by atoms with Crippen molar-refractivity contribution in [2.75, 3.05) is 0 Å². The van der Waals surface area contributed by atoms with Crippen LogP contribution in [0.1, 0.15) is 34.6 Å². The molecule has 0 amide bonds. The molecule has 1 aromatic heterocycles. The second-order valence-electron chi connectivity index (χ2n) is 6.91.